The van der Waals surface area contributed by atoms with Gasteiger partial charge >= 0.3 is 11.9 Å². The number of carboxylic acids is 1. The number of ether oxygens (including phenoxy) is 11. The third-order valence-electron chi connectivity index (χ3n) is 5.15. The first-order valence-electron chi connectivity index (χ1n) is 14.9. The van der Waals surface area contributed by atoms with Gasteiger partial charge in [0.15, 0.2) is 0 Å². The molecule has 0 aliphatic heterocycles. The number of amides is 1. The highest BCUT2D eigenvalue weighted by Crippen LogP contribution is 1.90. The third kappa shape index (κ3) is 36.2. The number of aliphatic carboxylic acids is 1. The third-order valence-corrected chi connectivity index (χ3v) is 5.15. The molecule has 0 rings (SSSR count). The first kappa shape index (κ1) is 42.0. The summed E-state index contributed by atoms with van der Waals surface area (Å²) in [7, 11) is 1.31. The van der Waals surface area contributed by atoms with Crippen molar-refractivity contribution in [2.24, 2.45) is 0 Å². The Morgan fingerprint density at radius 1 is 0.477 bits per heavy atom. The van der Waals surface area contributed by atoms with Crippen LogP contribution in [0.25, 0.3) is 0 Å². The standard InChI is InChI=1S/C28H53NO15/c1-34-28(33)25-44-24-23-43-22-21-42-20-19-41-18-17-40-16-15-39-14-13-38-12-11-37-10-9-36-8-7-35-6-2-5-29-26(30)3-4-27(31)32/h2-25H2,1H3,(H,29,30)(H,31,32). The highest BCUT2D eigenvalue weighted by Gasteiger charge is 2.04. The summed E-state index contributed by atoms with van der Waals surface area (Å²) >= 11 is 0. The highest BCUT2D eigenvalue weighted by atomic mass is 16.6. The van der Waals surface area contributed by atoms with Crippen LogP contribution in [0.1, 0.15) is 19.3 Å². The molecule has 0 radical (unpaired) electrons. The van der Waals surface area contributed by atoms with E-state index in [4.69, 9.17) is 52.5 Å². The van der Waals surface area contributed by atoms with Crippen molar-refractivity contribution in [3.8, 4) is 0 Å². The van der Waals surface area contributed by atoms with Crippen LogP contribution in [0.2, 0.25) is 0 Å². The molecule has 0 unspecified atom stereocenters. The molecule has 16 heteroatoms. The van der Waals surface area contributed by atoms with Gasteiger partial charge in [0.2, 0.25) is 5.91 Å². The monoisotopic (exact) mass is 643 g/mol. The number of hydrogen-bond donors (Lipinski definition) is 2. The van der Waals surface area contributed by atoms with Crippen LogP contribution in [0.15, 0.2) is 0 Å². The van der Waals surface area contributed by atoms with Gasteiger partial charge in [0, 0.05) is 19.6 Å². The van der Waals surface area contributed by atoms with Crippen LogP contribution in [0.5, 0.6) is 0 Å². The van der Waals surface area contributed by atoms with Gasteiger partial charge in [0.25, 0.3) is 0 Å². The molecule has 260 valence electrons. The molecule has 1 amide bonds. The molecule has 0 aromatic carbocycles. The normalized spacial score (nSPS) is 11.1. The first-order valence-corrected chi connectivity index (χ1v) is 14.9. The number of hydrogen-bond acceptors (Lipinski definition) is 14. The first-order chi connectivity index (χ1) is 21.6. The summed E-state index contributed by atoms with van der Waals surface area (Å²) in [6.45, 7) is 8.98. The Morgan fingerprint density at radius 2 is 0.795 bits per heavy atom. The average molecular weight is 644 g/mol. The van der Waals surface area contributed by atoms with Gasteiger partial charge in [0.1, 0.15) is 6.61 Å². The molecule has 44 heavy (non-hydrogen) atoms. The van der Waals surface area contributed by atoms with E-state index >= 15 is 0 Å². The van der Waals surface area contributed by atoms with Gasteiger partial charge in [-0.05, 0) is 6.42 Å². The van der Waals surface area contributed by atoms with E-state index in [1.54, 1.807) is 0 Å². The zero-order valence-corrected chi connectivity index (χ0v) is 26.1. The predicted molar refractivity (Wildman–Crippen MR) is 155 cm³/mol. The molecule has 0 bridgehead atoms. The fraction of sp³-hybridized carbons (Fsp3) is 0.893. The van der Waals surface area contributed by atoms with Crippen molar-refractivity contribution in [2.45, 2.75) is 19.3 Å². The van der Waals surface area contributed by atoms with Crippen molar-refractivity contribution in [3.63, 3.8) is 0 Å². The Hall–Kier alpha value is -1.99. The summed E-state index contributed by atoms with van der Waals surface area (Å²) in [6, 6.07) is 0. The largest absolute Gasteiger partial charge is 0.481 e. The van der Waals surface area contributed by atoms with Gasteiger partial charge in [-0.25, -0.2) is 4.79 Å². The van der Waals surface area contributed by atoms with Crippen molar-refractivity contribution in [2.75, 3.05) is 146 Å². The molecule has 0 aliphatic carbocycles. The van der Waals surface area contributed by atoms with Crippen LogP contribution >= 0.6 is 0 Å². The van der Waals surface area contributed by atoms with Crippen molar-refractivity contribution in [3.05, 3.63) is 0 Å². The minimum Gasteiger partial charge on any atom is -0.481 e. The van der Waals surface area contributed by atoms with Gasteiger partial charge in [-0.3, -0.25) is 9.59 Å². The average Bonchev–Trinajstić information content (AvgIpc) is 3.02. The number of rotatable bonds is 36. The molecule has 0 aromatic rings. The van der Waals surface area contributed by atoms with Crippen LogP contribution in [0, 0.1) is 0 Å². The van der Waals surface area contributed by atoms with Gasteiger partial charge in [-0.15, -0.1) is 0 Å². The lowest BCUT2D eigenvalue weighted by Crippen LogP contribution is -2.25. The summed E-state index contributed by atoms with van der Waals surface area (Å²) in [5.41, 5.74) is 0. The highest BCUT2D eigenvalue weighted by molar-refractivity contribution is 5.80. The van der Waals surface area contributed by atoms with Gasteiger partial charge in [0.05, 0.1) is 132 Å². The van der Waals surface area contributed by atoms with Crippen molar-refractivity contribution in [1.82, 2.24) is 5.32 Å². The number of nitrogens with one attached hydrogen (secondary N) is 1. The molecule has 0 heterocycles. The zero-order valence-electron chi connectivity index (χ0n) is 26.1. The fourth-order valence-corrected chi connectivity index (χ4v) is 2.90. The summed E-state index contributed by atoms with van der Waals surface area (Å²) in [5, 5.41) is 11.2. The number of esters is 1. The second kappa shape index (κ2) is 35.5. The van der Waals surface area contributed by atoms with Gasteiger partial charge in [-0.1, -0.05) is 0 Å². The van der Waals surface area contributed by atoms with E-state index in [0.717, 1.165) is 0 Å². The molecule has 0 fully saturated rings. The Kier molecular flexibility index (Phi) is 33.9. The molecule has 2 N–H and O–H groups in total. The van der Waals surface area contributed by atoms with E-state index in [0.29, 0.717) is 138 Å². The maximum absolute atomic E-state index is 11.3. The van der Waals surface area contributed by atoms with Crippen LogP contribution < -0.4 is 5.32 Å². The zero-order chi connectivity index (χ0) is 32.2. The minimum atomic E-state index is -0.986. The number of methoxy groups -OCH3 is 1. The lowest BCUT2D eigenvalue weighted by molar-refractivity contribution is -0.146. The molecular formula is C28H53NO15. The van der Waals surface area contributed by atoms with Gasteiger partial charge < -0.3 is 62.5 Å². The lowest BCUT2D eigenvalue weighted by atomic mass is 10.3. The van der Waals surface area contributed by atoms with Crippen LogP contribution in [0.4, 0.5) is 0 Å². The minimum absolute atomic E-state index is 0.0131. The molecule has 0 atom stereocenters. The summed E-state index contributed by atoms with van der Waals surface area (Å²) in [6.07, 6.45) is 0.468. The smallest absolute Gasteiger partial charge is 0.331 e. The van der Waals surface area contributed by atoms with E-state index < -0.39 is 11.9 Å². The fourth-order valence-electron chi connectivity index (χ4n) is 2.90. The van der Waals surface area contributed by atoms with Gasteiger partial charge in [-0.2, -0.15) is 0 Å². The Balaban J connectivity index is 3.09. The van der Waals surface area contributed by atoms with Crippen LogP contribution in [-0.2, 0) is 66.5 Å². The summed E-state index contributed by atoms with van der Waals surface area (Å²) < 4.78 is 58.2. The maximum Gasteiger partial charge on any atom is 0.331 e. The second-order valence-electron chi connectivity index (χ2n) is 8.74. The summed E-state index contributed by atoms with van der Waals surface area (Å²) in [5.74, 6) is -1.67. The predicted octanol–water partition coefficient (Wildman–Crippen LogP) is -0.303. The number of carboxylic acid groups (broad SMARTS) is 1. The molecule has 16 nitrogen and oxygen atoms in total. The quantitative estimate of drug-likeness (QED) is 0.0669. The SMILES string of the molecule is COC(=O)COCCOCCOCCOCCOCCOCCOCCOCCOCCOCCCNC(=O)CCC(=O)O. The van der Waals surface area contributed by atoms with E-state index in [1.165, 1.54) is 7.11 Å². The van der Waals surface area contributed by atoms with Crippen molar-refractivity contribution in [1.29, 1.82) is 0 Å². The van der Waals surface area contributed by atoms with E-state index in [-0.39, 0.29) is 25.4 Å². The Morgan fingerprint density at radius 3 is 1.11 bits per heavy atom. The lowest BCUT2D eigenvalue weighted by Gasteiger charge is -2.09. The van der Waals surface area contributed by atoms with E-state index in [1.807, 2.05) is 0 Å². The molecule has 0 saturated heterocycles. The Bertz CT molecular complexity index is 657. The van der Waals surface area contributed by atoms with Crippen LogP contribution in [0.3, 0.4) is 0 Å². The van der Waals surface area contributed by atoms with E-state index in [9.17, 15) is 14.4 Å². The van der Waals surface area contributed by atoms with Crippen LogP contribution in [-0.4, -0.2) is 169 Å². The molecular weight excluding hydrogens is 590 g/mol. The molecule has 0 aromatic heterocycles. The second-order valence-corrected chi connectivity index (χ2v) is 8.74. The molecule has 0 aliphatic rings. The summed E-state index contributed by atoms with van der Waals surface area (Å²) in [4.78, 5) is 32.6. The van der Waals surface area contributed by atoms with E-state index in [2.05, 4.69) is 10.1 Å². The molecule has 0 saturated carbocycles. The van der Waals surface area contributed by atoms with Crippen molar-refractivity contribution >= 4 is 17.8 Å². The molecule has 0 spiro atoms. The maximum atomic E-state index is 11.3. The topological polar surface area (TPSA) is 185 Å². The number of carbonyl (C=O) groups is 3. The Labute approximate surface area is 260 Å². The van der Waals surface area contributed by atoms with Crippen molar-refractivity contribution < 1.29 is 71.6 Å². The number of carbonyl (C=O) groups excluding carboxylic acids is 2.